The van der Waals surface area contributed by atoms with Crippen LogP contribution < -0.4 is 5.32 Å². The molecule has 0 saturated heterocycles. The smallest absolute Gasteiger partial charge is 0.123 e. The maximum atomic E-state index is 12.8. The first kappa shape index (κ1) is 15.6. The lowest BCUT2D eigenvalue weighted by molar-refractivity contribution is 0.170. The molecule has 2 rings (SSSR count). The van der Waals surface area contributed by atoms with Crippen LogP contribution in [0.15, 0.2) is 48.5 Å². The second-order valence-electron chi connectivity index (χ2n) is 5.10. The number of hydrogen-bond acceptors (Lipinski definition) is 3. The van der Waals surface area contributed by atoms with Gasteiger partial charge in [0.05, 0.1) is 12.7 Å². The van der Waals surface area contributed by atoms with E-state index < -0.39 is 6.10 Å². The summed E-state index contributed by atoms with van der Waals surface area (Å²) in [4.78, 5) is 0. The summed E-state index contributed by atoms with van der Waals surface area (Å²) in [6.07, 6.45) is -0.686. The largest absolute Gasteiger partial charge is 0.392 e. The van der Waals surface area contributed by atoms with Crippen molar-refractivity contribution in [1.82, 2.24) is 5.32 Å². The van der Waals surface area contributed by atoms with Gasteiger partial charge in [0, 0.05) is 12.6 Å². The van der Waals surface area contributed by atoms with E-state index in [2.05, 4.69) is 5.32 Å². The molecule has 0 spiro atoms. The topological polar surface area (TPSA) is 52.5 Å². The quantitative estimate of drug-likeness (QED) is 0.766. The van der Waals surface area contributed by atoms with E-state index in [0.717, 1.165) is 11.1 Å². The van der Waals surface area contributed by atoms with E-state index in [9.17, 15) is 9.50 Å². The third-order valence-electron chi connectivity index (χ3n) is 3.51. The summed E-state index contributed by atoms with van der Waals surface area (Å²) in [5.41, 5.74) is 2.59. The highest BCUT2D eigenvalue weighted by Crippen LogP contribution is 2.17. The van der Waals surface area contributed by atoms with Crippen LogP contribution in [0, 0.1) is 5.82 Å². The molecular formula is C17H20FNO2. The maximum absolute atomic E-state index is 12.8. The molecule has 2 atom stereocenters. The Balaban J connectivity index is 1.93. The Morgan fingerprint density at radius 3 is 2.48 bits per heavy atom. The summed E-state index contributed by atoms with van der Waals surface area (Å²) >= 11 is 0. The van der Waals surface area contributed by atoms with Gasteiger partial charge >= 0.3 is 0 Å². The van der Waals surface area contributed by atoms with E-state index in [1.54, 1.807) is 12.1 Å². The molecule has 0 fully saturated rings. The Kier molecular flexibility index (Phi) is 5.44. The fraction of sp³-hybridized carbons (Fsp3) is 0.294. The van der Waals surface area contributed by atoms with Crippen LogP contribution in [-0.4, -0.2) is 16.8 Å². The summed E-state index contributed by atoms with van der Waals surface area (Å²) in [6, 6.07) is 13.6. The van der Waals surface area contributed by atoms with E-state index in [0.29, 0.717) is 12.1 Å². The number of nitrogens with one attached hydrogen (secondary N) is 1. The lowest BCUT2D eigenvalue weighted by Gasteiger charge is -2.18. The van der Waals surface area contributed by atoms with Crippen LogP contribution in [0.25, 0.3) is 0 Å². The molecule has 21 heavy (non-hydrogen) atoms. The lowest BCUT2D eigenvalue weighted by atomic mass is 10.0. The summed E-state index contributed by atoms with van der Waals surface area (Å²) in [6.45, 7) is 2.38. The average molecular weight is 289 g/mol. The molecule has 3 nitrogen and oxygen atoms in total. The molecule has 2 aromatic carbocycles. The summed E-state index contributed by atoms with van der Waals surface area (Å²) in [7, 11) is 0. The SMILES string of the molecule is CC(NCC(O)c1ccc(F)cc1)c1cccc(CO)c1. The Hall–Kier alpha value is -1.75. The van der Waals surface area contributed by atoms with Crippen molar-refractivity contribution in [3.63, 3.8) is 0 Å². The van der Waals surface area contributed by atoms with Crippen LogP contribution in [0.4, 0.5) is 4.39 Å². The van der Waals surface area contributed by atoms with Crippen LogP contribution in [-0.2, 0) is 6.61 Å². The first-order chi connectivity index (χ1) is 10.1. The van der Waals surface area contributed by atoms with Crippen LogP contribution in [0.2, 0.25) is 0 Å². The molecule has 0 saturated carbocycles. The normalized spacial score (nSPS) is 13.9. The van der Waals surface area contributed by atoms with Gasteiger partial charge in [-0.05, 0) is 35.7 Å². The zero-order valence-electron chi connectivity index (χ0n) is 12.0. The van der Waals surface area contributed by atoms with Crippen molar-refractivity contribution < 1.29 is 14.6 Å². The van der Waals surface area contributed by atoms with Crippen molar-refractivity contribution >= 4 is 0 Å². The van der Waals surface area contributed by atoms with Gasteiger partial charge in [0.15, 0.2) is 0 Å². The van der Waals surface area contributed by atoms with E-state index >= 15 is 0 Å². The van der Waals surface area contributed by atoms with Crippen molar-refractivity contribution in [2.45, 2.75) is 25.7 Å². The highest BCUT2D eigenvalue weighted by atomic mass is 19.1. The van der Waals surface area contributed by atoms with Crippen LogP contribution in [0.3, 0.4) is 0 Å². The predicted molar refractivity (Wildman–Crippen MR) is 80.1 cm³/mol. The van der Waals surface area contributed by atoms with E-state index in [-0.39, 0.29) is 18.5 Å². The molecule has 112 valence electrons. The van der Waals surface area contributed by atoms with Crippen LogP contribution in [0.5, 0.6) is 0 Å². The Labute approximate surface area is 124 Å². The molecule has 0 aliphatic heterocycles. The van der Waals surface area contributed by atoms with Gasteiger partial charge in [0.25, 0.3) is 0 Å². The first-order valence-corrected chi connectivity index (χ1v) is 6.96. The number of hydrogen-bond donors (Lipinski definition) is 3. The minimum absolute atomic E-state index is 0.0127. The molecule has 0 aromatic heterocycles. The zero-order valence-corrected chi connectivity index (χ0v) is 12.0. The molecule has 0 amide bonds. The minimum atomic E-state index is -0.686. The van der Waals surface area contributed by atoms with E-state index in [1.165, 1.54) is 12.1 Å². The molecule has 0 aliphatic carbocycles. The first-order valence-electron chi connectivity index (χ1n) is 6.96. The molecule has 4 heteroatoms. The van der Waals surface area contributed by atoms with Gasteiger partial charge in [0.1, 0.15) is 5.82 Å². The van der Waals surface area contributed by atoms with Crippen LogP contribution in [0.1, 0.15) is 35.8 Å². The molecular weight excluding hydrogens is 269 g/mol. The number of aliphatic hydroxyl groups excluding tert-OH is 2. The monoisotopic (exact) mass is 289 g/mol. The van der Waals surface area contributed by atoms with Gasteiger partial charge in [-0.25, -0.2) is 4.39 Å². The van der Waals surface area contributed by atoms with Gasteiger partial charge in [-0.3, -0.25) is 0 Å². The van der Waals surface area contributed by atoms with Gasteiger partial charge in [-0.1, -0.05) is 36.4 Å². The molecule has 3 N–H and O–H groups in total. The molecule has 2 unspecified atom stereocenters. The highest BCUT2D eigenvalue weighted by molar-refractivity contribution is 5.25. The fourth-order valence-electron chi connectivity index (χ4n) is 2.17. The maximum Gasteiger partial charge on any atom is 0.123 e. The molecule has 2 aromatic rings. The number of rotatable bonds is 6. The van der Waals surface area contributed by atoms with Crippen molar-refractivity contribution in [3.8, 4) is 0 Å². The van der Waals surface area contributed by atoms with Crippen molar-refractivity contribution in [2.24, 2.45) is 0 Å². The van der Waals surface area contributed by atoms with E-state index in [1.807, 2.05) is 31.2 Å². The zero-order chi connectivity index (χ0) is 15.2. The van der Waals surface area contributed by atoms with Gasteiger partial charge in [-0.15, -0.1) is 0 Å². The second-order valence-corrected chi connectivity index (χ2v) is 5.10. The molecule has 0 bridgehead atoms. The molecule has 0 radical (unpaired) electrons. The fourth-order valence-corrected chi connectivity index (χ4v) is 2.17. The lowest BCUT2D eigenvalue weighted by Crippen LogP contribution is -2.24. The summed E-state index contributed by atoms with van der Waals surface area (Å²) in [5.74, 6) is -0.312. The second kappa shape index (κ2) is 7.31. The summed E-state index contributed by atoms with van der Waals surface area (Å²) in [5, 5.41) is 22.5. The van der Waals surface area contributed by atoms with Crippen LogP contribution >= 0.6 is 0 Å². The Bertz CT molecular complexity index is 571. The third kappa shape index (κ3) is 4.36. The van der Waals surface area contributed by atoms with Gasteiger partial charge in [0.2, 0.25) is 0 Å². The van der Waals surface area contributed by atoms with Crippen molar-refractivity contribution in [2.75, 3.05) is 6.54 Å². The number of halogens is 1. The predicted octanol–water partition coefficient (Wildman–Crippen LogP) is 2.70. The van der Waals surface area contributed by atoms with Crippen molar-refractivity contribution in [1.29, 1.82) is 0 Å². The molecule has 0 heterocycles. The van der Waals surface area contributed by atoms with Crippen molar-refractivity contribution in [3.05, 3.63) is 71.0 Å². The highest BCUT2D eigenvalue weighted by Gasteiger charge is 2.11. The summed E-state index contributed by atoms with van der Waals surface area (Å²) < 4.78 is 12.8. The average Bonchev–Trinajstić information content (AvgIpc) is 2.53. The van der Waals surface area contributed by atoms with Gasteiger partial charge < -0.3 is 15.5 Å². The Morgan fingerprint density at radius 1 is 1.10 bits per heavy atom. The number of benzene rings is 2. The van der Waals surface area contributed by atoms with Gasteiger partial charge in [-0.2, -0.15) is 0 Å². The third-order valence-corrected chi connectivity index (χ3v) is 3.51. The minimum Gasteiger partial charge on any atom is -0.392 e. The Morgan fingerprint density at radius 2 is 1.81 bits per heavy atom. The standard InChI is InChI=1S/C17H20FNO2/c1-12(15-4-2-3-13(9-15)11-20)19-10-17(21)14-5-7-16(18)8-6-14/h2-9,12,17,19-21H,10-11H2,1H3. The number of aliphatic hydroxyl groups is 2. The molecule has 0 aliphatic rings. The van der Waals surface area contributed by atoms with E-state index in [4.69, 9.17) is 5.11 Å².